The minimum absolute atomic E-state index is 0.0334. The minimum Gasteiger partial charge on any atom is -0.361 e. The van der Waals surface area contributed by atoms with Gasteiger partial charge in [-0.2, -0.15) is 0 Å². The van der Waals surface area contributed by atoms with E-state index in [2.05, 4.69) is 18.8 Å². The maximum Gasteiger partial charge on any atom is 0.305 e. The summed E-state index contributed by atoms with van der Waals surface area (Å²) >= 11 is 0. The lowest BCUT2D eigenvalue weighted by Crippen LogP contribution is -2.13. The van der Waals surface area contributed by atoms with Crippen molar-refractivity contribution in [1.82, 2.24) is 4.98 Å². The van der Waals surface area contributed by atoms with Crippen molar-refractivity contribution in [1.29, 1.82) is 0 Å². The van der Waals surface area contributed by atoms with Crippen molar-refractivity contribution in [2.24, 2.45) is 0 Å². The average Bonchev–Trinajstić information content (AvgIpc) is 3.03. The van der Waals surface area contributed by atoms with Gasteiger partial charge in [-0.05, 0) is 34.4 Å². The van der Waals surface area contributed by atoms with Gasteiger partial charge in [0.2, 0.25) is 9.84 Å². The van der Waals surface area contributed by atoms with Gasteiger partial charge in [-0.15, -0.1) is 0 Å². The van der Waals surface area contributed by atoms with Crippen LogP contribution in [-0.2, 0) is 9.84 Å². The first-order valence-electron chi connectivity index (χ1n) is 8.72. The van der Waals surface area contributed by atoms with E-state index in [9.17, 15) is 18.5 Å². The van der Waals surface area contributed by atoms with Crippen LogP contribution >= 0.6 is 0 Å². The summed E-state index contributed by atoms with van der Waals surface area (Å²) in [5.41, 5.74) is 2.05. The molecule has 0 saturated carbocycles. The number of sulfone groups is 1. The molecule has 142 valence electrons. The highest BCUT2D eigenvalue weighted by molar-refractivity contribution is 7.91. The zero-order chi connectivity index (χ0) is 19.8. The van der Waals surface area contributed by atoms with E-state index in [1.165, 1.54) is 6.20 Å². The van der Waals surface area contributed by atoms with Crippen LogP contribution < -0.4 is 0 Å². The number of benzene rings is 1. The van der Waals surface area contributed by atoms with Crippen molar-refractivity contribution in [2.45, 2.75) is 69.1 Å². The number of aromatic nitrogens is 1. The number of hydrogen-bond donors (Lipinski definition) is 1. The molecule has 0 unspecified atom stereocenters. The van der Waals surface area contributed by atoms with Crippen molar-refractivity contribution in [2.75, 3.05) is 0 Å². The second kappa shape index (κ2) is 7.23. The number of aromatic amines is 1. The molecule has 2 rings (SSSR count). The van der Waals surface area contributed by atoms with Crippen molar-refractivity contribution in [3.8, 4) is 0 Å². The molecule has 6 nitrogen and oxygen atoms in total. The fourth-order valence-electron chi connectivity index (χ4n) is 3.01. The Hall–Kier alpha value is -2.15. The van der Waals surface area contributed by atoms with E-state index in [1.807, 2.05) is 39.8 Å². The summed E-state index contributed by atoms with van der Waals surface area (Å²) in [7, 11) is -4.04. The maximum absolute atomic E-state index is 13.4. The third kappa shape index (κ3) is 3.53. The highest BCUT2D eigenvalue weighted by atomic mass is 32.2. The average molecular weight is 378 g/mol. The Labute approximate surface area is 154 Å². The number of hydrogen-bond acceptors (Lipinski definition) is 4. The summed E-state index contributed by atoms with van der Waals surface area (Å²) < 4.78 is 26.9. The highest BCUT2D eigenvalue weighted by Crippen LogP contribution is 2.39. The van der Waals surface area contributed by atoms with Gasteiger partial charge >= 0.3 is 5.69 Å². The molecule has 0 radical (unpaired) electrons. The summed E-state index contributed by atoms with van der Waals surface area (Å²) in [4.78, 5) is 13.1. The molecular formula is C19H26N2O4S. The Balaban J connectivity index is 2.90. The van der Waals surface area contributed by atoms with E-state index in [0.717, 1.165) is 11.8 Å². The lowest BCUT2D eigenvalue weighted by molar-refractivity contribution is -0.387. The molecule has 0 amide bonds. The molecule has 0 spiro atoms. The van der Waals surface area contributed by atoms with Gasteiger partial charge in [0.1, 0.15) is 0 Å². The molecule has 0 saturated heterocycles. The molecule has 1 aromatic heterocycles. The van der Waals surface area contributed by atoms with Gasteiger partial charge in [0.15, 0.2) is 4.90 Å². The van der Waals surface area contributed by atoms with Crippen molar-refractivity contribution < 1.29 is 13.3 Å². The fraction of sp³-hybridized carbons (Fsp3) is 0.474. The largest absolute Gasteiger partial charge is 0.361 e. The van der Waals surface area contributed by atoms with Crippen LogP contribution in [0.5, 0.6) is 0 Å². The Morgan fingerprint density at radius 1 is 0.923 bits per heavy atom. The molecular weight excluding hydrogens is 352 g/mol. The van der Waals surface area contributed by atoms with E-state index < -0.39 is 20.4 Å². The Morgan fingerprint density at radius 2 is 1.42 bits per heavy atom. The van der Waals surface area contributed by atoms with Crippen LogP contribution in [0.4, 0.5) is 5.69 Å². The Morgan fingerprint density at radius 3 is 1.81 bits per heavy atom. The fourth-order valence-corrected chi connectivity index (χ4v) is 5.07. The highest BCUT2D eigenvalue weighted by Gasteiger charge is 2.34. The van der Waals surface area contributed by atoms with Crippen molar-refractivity contribution in [3.63, 3.8) is 0 Å². The second-order valence-corrected chi connectivity index (χ2v) is 9.31. The standard InChI is InChI=1S/C19H26N2O4S/c1-11(2)14-7-15(12(3)4)19(16(8-14)13(5)6)26(24,25)18-10-20-9-17(18)21(22)23/h7-13,20H,1-6H3. The summed E-state index contributed by atoms with van der Waals surface area (Å²) in [5.74, 6) is 0.186. The molecule has 0 aliphatic rings. The van der Waals surface area contributed by atoms with E-state index >= 15 is 0 Å². The zero-order valence-electron chi connectivity index (χ0n) is 16.0. The van der Waals surface area contributed by atoms with Crippen LogP contribution in [0.25, 0.3) is 0 Å². The first-order valence-corrected chi connectivity index (χ1v) is 10.2. The summed E-state index contributed by atoms with van der Waals surface area (Å²) in [6, 6.07) is 3.85. The van der Waals surface area contributed by atoms with Gasteiger partial charge < -0.3 is 4.98 Å². The number of H-pyrrole nitrogens is 1. The minimum atomic E-state index is -4.04. The maximum atomic E-state index is 13.4. The van der Waals surface area contributed by atoms with Crippen molar-refractivity contribution >= 4 is 15.5 Å². The Bertz CT molecular complexity index is 896. The molecule has 7 heteroatoms. The van der Waals surface area contributed by atoms with E-state index in [4.69, 9.17) is 0 Å². The first kappa shape index (κ1) is 20.2. The molecule has 0 bridgehead atoms. The van der Waals surface area contributed by atoms with Gasteiger partial charge in [0, 0.05) is 6.20 Å². The third-order valence-electron chi connectivity index (χ3n) is 4.52. The quantitative estimate of drug-likeness (QED) is 0.557. The molecule has 1 N–H and O–H groups in total. The molecule has 0 aliphatic carbocycles. The van der Waals surface area contributed by atoms with Crippen LogP contribution in [0, 0.1) is 10.1 Å². The number of nitrogens with zero attached hydrogens (tertiary/aromatic N) is 1. The lowest BCUT2D eigenvalue weighted by Gasteiger charge is -2.22. The Kier molecular flexibility index (Phi) is 5.61. The molecule has 0 aliphatic heterocycles. The van der Waals surface area contributed by atoms with Gasteiger partial charge in [0.25, 0.3) is 0 Å². The predicted molar refractivity (Wildman–Crippen MR) is 102 cm³/mol. The smallest absolute Gasteiger partial charge is 0.305 e. The summed E-state index contributed by atoms with van der Waals surface area (Å²) in [6.07, 6.45) is 2.30. The molecule has 1 heterocycles. The van der Waals surface area contributed by atoms with E-state index in [1.54, 1.807) is 0 Å². The summed E-state index contributed by atoms with van der Waals surface area (Å²) in [5, 5.41) is 11.3. The number of nitrogens with one attached hydrogen (secondary N) is 1. The number of nitro groups is 1. The molecule has 0 fully saturated rings. The zero-order valence-corrected chi connectivity index (χ0v) is 16.8. The molecule has 1 aromatic carbocycles. The van der Waals surface area contributed by atoms with Crippen LogP contribution in [0.2, 0.25) is 0 Å². The predicted octanol–water partition coefficient (Wildman–Crippen LogP) is 5.13. The van der Waals surface area contributed by atoms with E-state index in [-0.39, 0.29) is 27.5 Å². The number of rotatable bonds is 6. The molecule has 2 aromatic rings. The van der Waals surface area contributed by atoms with Gasteiger partial charge in [-0.25, -0.2) is 8.42 Å². The first-order chi connectivity index (χ1) is 12.0. The van der Waals surface area contributed by atoms with Crippen LogP contribution in [0.3, 0.4) is 0 Å². The topological polar surface area (TPSA) is 93.1 Å². The normalized spacial score (nSPS) is 12.3. The lowest BCUT2D eigenvalue weighted by atomic mass is 9.89. The van der Waals surface area contributed by atoms with E-state index in [0.29, 0.717) is 11.1 Å². The molecule has 0 atom stereocenters. The summed E-state index contributed by atoms with van der Waals surface area (Å²) in [6.45, 7) is 11.9. The third-order valence-corrected chi connectivity index (χ3v) is 6.44. The van der Waals surface area contributed by atoms with Crippen molar-refractivity contribution in [3.05, 3.63) is 51.3 Å². The van der Waals surface area contributed by atoms with Crippen LogP contribution in [0.1, 0.15) is 76.0 Å². The van der Waals surface area contributed by atoms with Crippen LogP contribution in [-0.4, -0.2) is 18.3 Å². The van der Waals surface area contributed by atoms with Gasteiger partial charge in [-0.1, -0.05) is 53.7 Å². The second-order valence-electron chi connectivity index (χ2n) is 7.46. The van der Waals surface area contributed by atoms with Gasteiger partial charge in [-0.3, -0.25) is 10.1 Å². The SMILES string of the molecule is CC(C)c1cc(C(C)C)c(S(=O)(=O)c2c[nH]cc2[N+](=O)[O-])c(C(C)C)c1. The molecule has 26 heavy (non-hydrogen) atoms. The monoisotopic (exact) mass is 378 g/mol. The van der Waals surface area contributed by atoms with Crippen LogP contribution in [0.15, 0.2) is 34.3 Å². The van der Waals surface area contributed by atoms with Gasteiger partial charge in [0.05, 0.1) is 16.0 Å².